The summed E-state index contributed by atoms with van der Waals surface area (Å²) in [4.78, 5) is 30.3. The molecule has 10 heteroatoms. The predicted octanol–water partition coefficient (Wildman–Crippen LogP) is 24.4. The first kappa shape index (κ1) is 61.9. The number of hydrogen-bond donors (Lipinski definition) is 0. The van der Waals surface area contributed by atoms with Crippen molar-refractivity contribution in [3.63, 3.8) is 0 Å². The Bertz CT molecular complexity index is 7150. The van der Waals surface area contributed by atoms with Gasteiger partial charge in [-0.25, -0.2) is 9.97 Å². The van der Waals surface area contributed by atoms with E-state index < -0.39 is 0 Å². The van der Waals surface area contributed by atoms with Crippen LogP contribution in [0.2, 0.25) is 0 Å². The van der Waals surface area contributed by atoms with Gasteiger partial charge in [-0.05, 0) is 129 Å². The smallest absolute Gasteiger partial charge is 0.238 e. The van der Waals surface area contributed by atoms with Gasteiger partial charge < -0.3 is 9.13 Å². The zero-order chi connectivity index (χ0) is 71.2. The number of rotatable bonds is 10. The Balaban J connectivity index is 0.000000138. The third kappa shape index (κ3) is 10.4. The molecule has 0 saturated carbocycles. The highest BCUT2D eigenvalue weighted by molar-refractivity contribution is 6.23. The van der Waals surface area contributed by atoms with Crippen LogP contribution in [0.15, 0.2) is 376 Å². The standard InChI is InChI=1S/2C49H31N5/c1-4-15-33(16-5-1)47-50-48(34-17-6-2-7-18-34)52-49(51-47)54-42-23-13-12-22-39(42)40-30-35(25-27-43(40)54)36-26-28-44-41(31-36)46-38-21-11-10-14-32(38)24-29-45(46)53(44)37-19-8-3-9-20-37;1-4-15-33(16-5-1)47-50-48(34-17-6-2-7-18-34)52-49(51-47)54-43-23-13-12-22-39(43)41-30-35(26-29-45(41)54)36-25-28-44-42(31-36)40-27-24-32-14-10-11-21-38(32)46(40)53(44)37-19-8-3-9-20-37/h2*1-31H. The summed E-state index contributed by atoms with van der Waals surface area (Å²) in [6.45, 7) is 0. The van der Waals surface area contributed by atoms with E-state index in [1.807, 2.05) is 121 Å². The maximum Gasteiger partial charge on any atom is 0.238 e. The molecule has 22 rings (SSSR count). The van der Waals surface area contributed by atoms with Crippen LogP contribution in [0.3, 0.4) is 0 Å². The molecule has 0 N–H and O–H groups in total. The van der Waals surface area contributed by atoms with Gasteiger partial charge in [0.2, 0.25) is 11.9 Å². The first-order valence-electron chi connectivity index (χ1n) is 36.4. The number of aromatic nitrogens is 10. The van der Waals surface area contributed by atoms with Crippen LogP contribution >= 0.6 is 0 Å². The molecular weight excluding hydrogens is 1320 g/mol. The second-order valence-corrected chi connectivity index (χ2v) is 27.4. The molecule has 108 heavy (non-hydrogen) atoms. The number of hydrogen-bond acceptors (Lipinski definition) is 6. The lowest BCUT2D eigenvalue weighted by Gasteiger charge is -2.11. The van der Waals surface area contributed by atoms with E-state index in [1.54, 1.807) is 0 Å². The first-order valence-corrected chi connectivity index (χ1v) is 36.4. The van der Waals surface area contributed by atoms with E-state index in [4.69, 9.17) is 29.9 Å². The lowest BCUT2D eigenvalue weighted by molar-refractivity contribution is 0.953. The Morgan fingerprint density at radius 1 is 0.167 bits per heavy atom. The van der Waals surface area contributed by atoms with Crippen molar-refractivity contribution in [2.45, 2.75) is 0 Å². The van der Waals surface area contributed by atoms with Gasteiger partial charge in [0.05, 0.1) is 44.1 Å². The van der Waals surface area contributed by atoms with Gasteiger partial charge in [0.1, 0.15) is 0 Å². The lowest BCUT2D eigenvalue weighted by Crippen LogP contribution is -2.06. The molecule has 6 heterocycles. The summed E-state index contributed by atoms with van der Waals surface area (Å²) in [6, 6.07) is 133. The van der Waals surface area contributed by atoms with Crippen LogP contribution in [-0.4, -0.2) is 48.2 Å². The summed E-state index contributed by atoms with van der Waals surface area (Å²) in [6.07, 6.45) is 0. The summed E-state index contributed by atoms with van der Waals surface area (Å²) in [5.41, 5.74) is 19.7. The van der Waals surface area contributed by atoms with Gasteiger partial charge in [-0.3, -0.25) is 9.13 Å². The van der Waals surface area contributed by atoms with Crippen LogP contribution < -0.4 is 0 Å². The van der Waals surface area contributed by atoms with Crippen LogP contribution in [0.4, 0.5) is 0 Å². The van der Waals surface area contributed by atoms with E-state index >= 15 is 0 Å². The number of nitrogens with zero attached hydrogens (tertiary/aromatic N) is 10. The molecule has 0 amide bonds. The molecule has 0 saturated heterocycles. The predicted molar refractivity (Wildman–Crippen MR) is 445 cm³/mol. The van der Waals surface area contributed by atoms with Crippen LogP contribution in [0.5, 0.6) is 0 Å². The van der Waals surface area contributed by atoms with Crippen molar-refractivity contribution in [2.24, 2.45) is 0 Å². The second-order valence-electron chi connectivity index (χ2n) is 27.4. The molecule has 22 aromatic rings. The molecule has 16 aromatic carbocycles. The maximum atomic E-state index is 5.11. The Labute approximate surface area is 620 Å². The third-order valence-electron chi connectivity index (χ3n) is 21.1. The van der Waals surface area contributed by atoms with Crippen molar-refractivity contribution in [1.82, 2.24) is 48.2 Å². The average Bonchev–Trinajstić information content (AvgIpc) is 1.58. The zero-order valence-corrected chi connectivity index (χ0v) is 58.3. The minimum atomic E-state index is 0.587. The van der Waals surface area contributed by atoms with Gasteiger partial charge in [0, 0.05) is 82.1 Å². The molecule has 0 aliphatic carbocycles. The van der Waals surface area contributed by atoms with Crippen LogP contribution in [0, 0.1) is 0 Å². The van der Waals surface area contributed by atoms with Crippen molar-refractivity contribution in [3.05, 3.63) is 376 Å². The Hall–Kier alpha value is -14.7. The van der Waals surface area contributed by atoms with Crippen LogP contribution in [0.25, 0.3) is 200 Å². The zero-order valence-electron chi connectivity index (χ0n) is 58.3. The highest BCUT2D eigenvalue weighted by Crippen LogP contribution is 2.44. The van der Waals surface area contributed by atoms with Gasteiger partial charge in [0.15, 0.2) is 23.3 Å². The van der Waals surface area contributed by atoms with Gasteiger partial charge >= 0.3 is 0 Å². The second kappa shape index (κ2) is 25.6. The fourth-order valence-corrected chi connectivity index (χ4v) is 16.2. The lowest BCUT2D eigenvalue weighted by atomic mass is 9.99. The molecular formula is C98H62N10. The summed E-state index contributed by atoms with van der Waals surface area (Å²) in [5.74, 6) is 3.72. The third-order valence-corrected chi connectivity index (χ3v) is 21.1. The van der Waals surface area contributed by atoms with Crippen LogP contribution in [0.1, 0.15) is 0 Å². The number of benzene rings is 16. The molecule has 504 valence electrons. The van der Waals surface area contributed by atoms with E-state index in [0.717, 1.165) is 88.4 Å². The minimum Gasteiger partial charge on any atom is -0.309 e. The largest absolute Gasteiger partial charge is 0.309 e. The van der Waals surface area contributed by atoms with E-state index in [2.05, 4.69) is 273 Å². The van der Waals surface area contributed by atoms with E-state index in [9.17, 15) is 0 Å². The van der Waals surface area contributed by atoms with Crippen molar-refractivity contribution < 1.29 is 0 Å². The first-order chi connectivity index (χ1) is 53.6. The van der Waals surface area contributed by atoms with Gasteiger partial charge in [-0.1, -0.05) is 285 Å². The average molecular weight is 1380 g/mol. The fourth-order valence-electron chi connectivity index (χ4n) is 16.2. The molecule has 0 unspecified atom stereocenters. The molecule has 0 aliphatic rings. The monoisotopic (exact) mass is 1380 g/mol. The highest BCUT2D eigenvalue weighted by Gasteiger charge is 2.24. The maximum absolute atomic E-state index is 5.11. The van der Waals surface area contributed by atoms with Crippen LogP contribution in [-0.2, 0) is 0 Å². The summed E-state index contributed by atoms with van der Waals surface area (Å²) >= 11 is 0. The van der Waals surface area contributed by atoms with Crippen molar-refractivity contribution in [1.29, 1.82) is 0 Å². The molecule has 0 bridgehead atoms. The van der Waals surface area contributed by atoms with E-state index in [1.165, 1.54) is 76.3 Å². The van der Waals surface area contributed by atoms with Gasteiger partial charge in [0.25, 0.3) is 0 Å². The van der Waals surface area contributed by atoms with Crippen molar-refractivity contribution in [3.8, 4) is 91.1 Å². The normalized spacial score (nSPS) is 11.7. The molecule has 0 spiro atoms. The minimum absolute atomic E-state index is 0.587. The highest BCUT2D eigenvalue weighted by atomic mass is 15.2. The van der Waals surface area contributed by atoms with Gasteiger partial charge in [-0.15, -0.1) is 0 Å². The molecule has 0 aliphatic heterocycles. The molecule has 0 atom stereocenters. The number of fused-ring (bicyclic) bond motifs is 16. The molecule has 6 aromatic heterocycles. The van der Waals surface area contributed by atoms with E-state index in [-0.39, 0.29) is 0 Å². The molecule has 0 radical (unpaired) electrons. The summed E-state index contributed by atoms with van der Waals surface area (Å²) < 4.78 is 9.16. The summed E-state index contributed by atoms with van der Waals surface area (Å²) in [7, 11) is 0. The van der Waals surface area contributed by atoms with Crippen molar-refractivity contribution in [2.75, 3.05) is 0 Å². The summed E-state index contributed by atoms with van der Waals surface area (Å²) in [5, 5.41) is 14.5. The topological polar surface area (TPSA) is 97.1 Å². The fraction of sp³-hybridized carbons (Fsp3) is 0. The quantitative estimate of drug-likeness (QED) is 0.135. The SMILES string of the molecule is c1ccc(-c2nc(-c3ccccc3)nc(-n3c4ccccc4c4cc(-c5ccc6c(c5)c5c7ccccc7ccc5n6-c5ccccc5)ccc43)n2)cc1.c1ccc(-c2nc(-c3ccccc3)nc(-n3c4ccccc4c4cc(-c5ccc6c(c5)c5ccc7ccccc7c5n6-c5ccccc5)ccc43)n2)cc1. The Kier molecular flexibility index (Phi) is 14.7. The van der Waals surface area contributed by atoms with Gasteiger partial charge in [-0.2, -0.15) is 19.9 Å². The Morgan fingerprint density at radius 3 is 0.917 bits per heavy atom. The van der Waals surface area contributed by atoms with Crippen molar-refractivity contribution >= 4 is 109 Å². The molecule has 10 nitrogen and oxygen atoms in total. The van der Waals surface area contributed by atoms with E-state index in [0.29, 0.717) is 35.2 Å². The molecule has 0 fully saturated rings. The number of para-hydroxylation sites is 4. The Morgan fingerprint density at radius 2 is 0.472 bits per heavy atom.